The van der Waals surface area contributed by atoms with Crippen LogP contribution < -0.4 is 0 Å². The lowest BCUT2D eigenvalue weighted by molar-refractivity contribution is 0.590. The molecule has 9 aromatic carbocycles. The molecule has 75 heavy (non-hydrogen) atoms. The van der Waals surface area contributed by atoms with Gasteiger partial charge in [-0.05, 0) is 116 Å². The van der Waals surface area contributed by atoms with Crippen LogP contribution >= 0.6 is 0 Å². The summed E-state index contributed by atoms with van der Waals surface area (Å²) in [4.78, 5) is 0. The summed E-state index contributed by atoms with van der Waals surface area (Å²) in [6.45, 7) is 27.6. The highest BCUT2D eigenvalue weighted by atomic mass is 15.1. The smallest absolute Gasteiger partial charge is 0.102 e. The van der Waals surface area contributed by atoms with Crippen LogP contribution in [-0.2, 0) is 21.7 Å². The topological polar surface area (TPSA) is 38.6 Å². The van der Waals surface area contributed by atoms with Crippen molar-refractivity contribution in [2.24, 2.45) is 0 Å². The van der Waals surface area contributed by atoms with Gasteiger partial charge in [0.1, 0.15) is 6.07 Å². The van der Waals surface area contributed by atoms with Gasteiger partial charge in [-0.1, -0.05) is 204 Å². The van der Waals surface area contributed by atoms with Crippen LogP contribution in [0.1, 0.15) is 111 Å². The first kappa shape index (κ1) is 47.8. The Balaban J connectivity index is 1.42. The Morgan fingerprint density at radius 3 is 0.933 bits per heavy atom. The van der Waals surface area contributed by atoms with Gasteiger partial charge in [-0.2, -0.15) is 5.26 Å². The van der Waals surface area contributed by atoms with Gasteiger partial charge in [-0.3, -0.25) is 0 Å². The predicted molar refractivity (Wildman–Crippen MR) is 320 cm³/mol. The summed E-state index contributed by atoms with van der Waals surface area (Å²) in [6, 6.07) is 70.5. The second kappa shape index (κ2) is 17.0. The average Bonchev–Trinajstić information content (AvgIpc) is 4.03. The van der Waals surface area contributed by atoms with Gasteiger partial charge < -0.3 is 13.7 Å². The third kappa shape index (κ3) is 7.61. The molecule has 0 radical (unpaired) electrons. The molecule has 0 aliphatic carbocycles. The van der Waals surface area contributed by atoms with E-state index in [2.05, 4.69) is 285 Å². The van der Waals surface area contributed by atoms with Gasteiger partial charge in [-0.25, -0.2) is 0 Å². The van der Waals surface area contributed by atoms with Crippen molar-refractivity contribution in [3.05, 3.63) is 210 Å². The van der Waals surface area contributed by atoms with Crippen LogP contribution in [-0.4, -0.2) is 13.7 Å². The zero-order valence-electron chi connectivity index (χ0n) is 45.6. The number of benzene rings is 9. The molecule has 0 saturated carbocycles. The van der Waals surface area contributed by atoms with E-state index in [-0.39, 0.29) is 21.7 Å². The summed E-state index contributed by atoms with van der Waals surface area (Å²) in [5.74, 6) is 0. The first-order valence-corrected chi connectivity index (χ1v) is 26.7. The fourth-order valence-electron chi connectivity index (χ4n) is 11.8. The molecule has 0 unspecified atom stereocenters. The Kier molecular flexibility index (Phi) is 10.8. The molecule has 0 saturated heterocycles. The van der Waals surface area contributed by atoms with Crippen molar-refractivity contribution in [3.8, 4) is 45.4 Å². The van der Waals surface area contributed by atoms with Crippen LogP contribution in [0.15, 0.2) is 182 Å². The first-order valence-electron chi connectivity index (χ1n) is 26.7. The van der Waals surface area contributed by atoms with E-state index in [0.29, 0.717) is 5.56 Å². The molecule has 0 fully saturated rings. The highest BCUT2D eigenvalue weighted by molar-refractivity contribution is 6.16. The lowest BCUT2D eigenvalue weighted by atomic mass is 9.85. The molecule has 12 aromatic rings. The Morgan fingerprint density at radius 1 is 0.293 bits per heavy atom. The number of nitriles is 1. The molecule has 0 atom stereocenters. The third-order valence-electron chi connectivity index (χ3n) is 15.9. The Hall–Kier alpha value is -8.13. The summed E-state index contributed by atoms with van der Waals surface area (Å²) < 4.78 is 7.44. The van der Waals surface area contributed by atoms with Crippen molar-refractivity contribution in [3.63, 3.8) is 0 Å². The van der Waals surface area contributed by atoms with E-state index >= 15 is 0 Å². The molecular weight excluding hydrogens is 909 g/mol. The van der Waals surface area contributed by atoms with Gasteiger partial charge in [0, 0.05) is 43.4 Å². The van der Waals surface area contributed by atoms with Crippen molar-refractivity contribution in [2.75, 3.05) is 0 Å². The van der Waals surface area contributed by atoms with Crippen molar-refractivity contribution >= 4 is 65.4 Å². The SMILES string of the molecule is CC(C)(C)c1ccc2c(c1)c1cc(C(C)(C)C)ccc1n2-c1c(-c2ccccc2)c(C#N)c(-n2c3ccccc3c3ccccc32)c(-n2c3ccc(C(C)(C)C)cc3c3cc(C(C)(C)C)ccc32)c1-c1ccccc1. The number of hydrogen-bond acceptors (Lipinski definition) is 1. The number of para-hydroxylation sites is 2. The molecule has 0 aliphatic heterocycles. The second-order valence-corrected chi connectivity index (χ2v) is 25.0. The summed E-state index contributed by atoms with van der Waals surface area (Å²) in [5.41, 5.74) is 18.4. The second-order valence-electron chi connectivity index (χ2n) is 25.0. The molecule has 370 valence electrons. The third-order valence-corrected chi connectivity index (χ3v) is 15.9. The monoisotopic (exact) mass is 975 g/mol. The molecule has 12 rings (SSSR count). The van der Waals surface area contributed by atoms with Gasteiger partial charge in [0.2, 0.25) is 0 Å². The van der Waals surface area contributed by atoms with E-state index in [0.717, 1.165) is 83.2 Å². The van der Waals surface area contributed by atoms with E-state index in [9.17, 15) is 5.26 Å². The van der Waals surface area contributed by atoms with E-state index < -0.39 is 0 Å². The van der Waals surface area contributed by atoms with Gasteiger partial charge in [-0.15, -0.1) is 0 Å². The number of hydrogen-bond donors (Lipinski definition) is 0. The molecule has 3 aromatic heterocycles. The fraction of sp³-hybridized carbons (Fsp3) is 0.225. The van der Waals surface area contributed by atoms with E-state index in [4.69, 9.17) is 0 Å². The number of aromatic nitrogens is 3. The van der Waals surface area contributed by atoms with Crippen LogP contribution in [0.3, 0.4) is 0 Å². The van der Waals surface area contributed by atoms with E-state index in [1.165, 1.54) is 43.8 Å². The predicted octanol–water partition coefficient (Wildman–Crippen LogP) is 19.4. The Labute approximate surface area is 442 Å². The molecule has 0 spiro atoms. The normalized spacial score (nSPS) is 12.8. The molecule has 3 heterocycles. The standard InChI is InChI=1S/C71H66N4/c1-68(2,3)46-31-35-59-52(39-46)53-40-47(69(4,5)6)32-36-60(53)74(59)66-63(44-23-15-13-16-24-44)56(43-72)65(73-57-29-21-19-27-50(57)51-28-20-22-30-58(51)73)67(64(66)45-25-17-14-18-26-45)75-61-37-33-48(70(7,8)9)41-54(61)55-42-49(71(10,11)12)34-38-62(55)75/h13-42H,1-12H3. The molecule has 0 N–H and O–H groups in total. The van der Waals surface area contributed by atoms with E-state index in [1.807, 2.05) is 0 Å². The molecule has 4 heteroatoms. The fourth-order valence-corrected chi connectivity index (χ4v) is 11.8. The van der Waals surface area contributed by atoms with Gasteiger partial charge in [0.15, 0.2) is 0 Å². The van der Waals surface area contributed by atoms with Crippen molar-refractivity contribution in [1.82, 2.24) is 13.7 Å². The van der Waals surface area contributed by atoms with E-state index in [1.54, 1.807) is 0 Å². The highest BCUT2D eigenvalue weighted by Crippen LogP contribution is 2.53. The lowest BCUT2D eigenvalue weighted by Gasteiger charge is -2.29. The van der Waals surface area contributed by atoms with Crippen molar-refractivity contribution in [2.45, 2.75) is 105 Å². The summed E-state index contributed by atoms with van der Waals surface area (Å²) in [5, 5.41) is 19.6. The average molecular weight is 975 g/mol. The lowest BCUT2D eigenvalue weighted by Crippen LogP contribution is -2.14. The molecule has 0 aliphatic rings. The van der Waals surface area contributed by atoms with Gasteiger partial charge in [0.05, 0.1) is 55.7 Å². The maximum absolute atomic E-state index is 12.6. The minimum atomic E-state index is -0.0949. The Bertz CT molecular complexity index is 4110. The number of rotatable bonds is 5. The van der Waals surface area contributed by atoms with Crippen molar-refractivity contribution in [1.29, 1.82) is 5.26 Å². The quantitative estimate of drug-likeness (QED) is 0.169. The maximum atomic E-state index is 12.6. The first-order chi connectivity index (χ1) is 35.7. The summed E-state index contributed by atoms with van der Waals surface area (Å²) in [6.07, 6.45) is 0. The number of fused-ring (bicyclic) bond motifs is 9. The number of nitrogens with zero attached hydrogens (tertiary/aromatic N) is 4. The molecular formula is C71H66N4. The highest BCUT2D eigenvalue weighted by Gasteiger charge is 2.34. The summed E-state index contributed by atoms with van der Waals surface area (Å²) >= 11 is 0. The minimum absolute atomic E-state index is 0.0873. The molecule has 0 amide bonds. The molecule has 0 bridgehead atoms. The van der Waals surface area contributed by atoms with Crippen LogP contribution in [0.25, 0.3) is 105 Å². The van der Waals surface area contributed by atoms with Gasteiger partial charge >= 0.3 is 0 Å². The Morgan fingerprint density at radius 2 is 0.587 bits per heavy atom. The van der Waals surface area contributed by atoms with Crippen LogP contribution in [0.2, 0.25) is 0 Å². The van der Waals surface area contributed by atoms with Crippen LogP contribution in [0.5, 0.6) is 0 Å². The maximum Gasteiger partial charge on any atom is 0.102 e. The van der Waals surface area contributed by atoms with Crippen LogP contribution in [0.4, 0.5) is 0 Å². The zero-order valence-corrected chi connectivity index (χ0v) is 45.6. The van der Waals surface area contributed by atoms with Gasteiger partial charge in [0.25, 0.3) is 0 Å². The summed E-state index contributed by atoms with van der Waals surface area (Å²) in [7, 11) is 0. The molecule has 4 nitrogen and oxygen atoms in total. The minimum Gasteiger partial charge on any atom is -0.308 e. The van der Waals surface area contributed by atoms with Crippen LogP contribution in [0, 0.1) is 11.3 Å². The zero-order chi connectivity index (χ0) is 52.5. The largest absolute Gasteiger partial charge is 0.308 e. The van der Waals surface area contributed by atoms with Crippen molar-refractivity contribution < 1.29 is 0 Å².